The Morgan fingerprint density at radius 2 is 1.88 bits per heavy atom. The Bertz CT molecular complexity index is 1060. The molecule has 1 atom stereocenters. The predicted molar refractivity (Wildman–Crippen MR) is 126 cm³/mol. The third kappa shape index (κ3) is 6.18. The minimum atomic E-state index is -4.44. The number of carbonyl (C=O) groups excluding carboxylic acids is 1. The second-order valence-electron chi connectivity index (χ2n) is 8.86. The molecular weight excluding hydrogens is 445 g/mol. The van der Waals surface area contributed by atoms with Crippen LogP contribution in [0.2, 0.25) is 0 Å². The number of allylic oxidation sites excluding steroid dienone is 1. The lowest BCUT2D eigenvalue weighted by Gasteiger charge is -2.20. The Balaban J connectivity index is 1.78. The Morgan fingerprint density at radius 1 is 1.12 bits per heavy atom. The van der Waals surface area contributed by atoms with Gasteiger partial charge in [-0.1, -0.05) is 29.8 Å². The van der Waals surface area contributed by atoms with E-state index in [1.807, 2.05) is 18.2 Å². The van der Waals surface area contributed by atoms with Crippen molar-refractivity contribution in [1.29, 1.82) is 0 Å². The normalized spacial score (nSPS) is 15.6. The first-order valence-electron chi connectivity index (χ1n) is 11.3. The van der Waals surface area contributed by atoms with Crippen LogP contribution >= 0.6 is 0 Å². The fourth-order valence-electron chi connectivity index (χ4n) is 3.85. The standard InChI is InChI=1S/C26H31F3N2O3/c1-17-10-11-20(22(14-17)26(27,28)29)19-8-3-6-18-7-4-9-23(21(18)15-19)33-12-5-13-34-24(32)25(2,31)16-30/h4,7,9-11,14-15H,3,5-6,8,12-13,16,30-31H2,1-2H3. The second-order valence-corrected chi connectivity index (χ2v) is 8.86. The van der Waals surface area contributed by atoms with Crippen LogP contribution < -0.4 is 16.2 Å². The highest BCUT2D eigenvalue weighted by atomic mass is 19.4. The summed E-state index contributed by atoms with van der Waals surface area (Å²) in [5.41, 5.74) is 12.6. The first kappa shape index (κ1) is 25.8. The molecule has 1 aliphatic carbocycles. The van der Waals surface area contributed by atoms with Crippen LogP contribution in [0.5, 0.6) is 5.75 Å². The molecule has 0 amide bonds. The number of benzene rings is 2. The van der Waals surface area contributed by atoms with Crippen LogP contribution in [-0.2, 0) is 22.1 Å². The quantitative estimate of drug-likeness (QED) is 0.419. The Labute approximate surface area is 197 Å². The molecule has 3 rings (SSSR count). The SMILES string of the molecule is Cc1ccc(C2=Cc3c(cccc3OCCCOC(=O)C(C)(N)CN)CCC2)c(C(F)(F)F)c1. The van der Waals surface area contributed by atoms with Gasteiger partial charge in [0.2, 0.25) is 0 Å². The van der Waals surface area contributed by atoms with E-state index in [1.54, 1.807) is 25.1 Å². The Hall–Kier alpha value is -2.84. The molecule has 0 spiro atoms. The van der Waals surface area contributed by atoms with Gasteiger partial charge in [-0.25, -0.2) is 0 Å². The predicted octanol–water partition coefficient (Wildman–Crippen LogP) is 4.88. The molecule has 8 heteroatoms. The molecule has 1 unspecified atom stereocenters. The maximum atomic E-state index is 13.7. The van der Waals surface area contributed by atoms with Gasteiger partial charge in [-0.15, -0.1) is 0 Å². The number of halogens is 3. The number of ether oxygens (including phenoxy) is 2. The van der Waals surface area contributed by atoms with Crippen molar-refractivity contribution in [3.63, 3.8) is 0 Å². The highest BCUT2D eigenvalue weighted by Gasteiger charge is 2.34. The van der Waals surface area contributed by atoms with Crippen LogP contribution in [0.3, 0.4) is 0 Å². The van der Waals surface area contributed by atoms with Gasteiger partial charge < -0.3 is 20.9 Å². The number of aryl methyl sites for hydroxylation is 2. The minimum Gasteiger partial charge on any atom is -0.493 e. The van der Waals surface area contributed by atoms with Gasteiger partial charge in [-0.3, -0.25) is 4.79 Å². The van der Waals surface area contributed by atoms with E-state index in [4.69, 9.17) is 20.9 Å². The van der Waals surface area contributed by atoms with Gasteiger partial charge in [-0.2, -0.15) is 13.2 Å². The average Bonchev–Trinajstić information content (AvgIpc) is 3.01. The molecule has 0 radical (unpaired) electrons. The molecule has 1 aliphatic rings. The first-order valence-corrected chi connectivity index (χ1v) is 11.3. The zero-order chi connectivity index (χ0) is 24.9. The molecule has 0 bridgehead atoms. The highest BCUT2D eigenvalue weighted by Crippen LogP contribution is 2.40. The first-order chi connectivity index (χ1) is 16.0. The molecular formula is C26H31F3N2O3. The molecule has 34 heavy (non-hydrogen) atoms. The van der Waals surface area contributed by atoms with Crippen molar-refractivity contribution < 1.29 is 27.4 Å². The summed E-state index contributed by atoms with van der Waals surface area (Å²) in [4.78, 5) is 11.9. The summed E-state index contributed by atoms with van der Waals surface area (Å²) in [5.74, 6) is 0.0178. The smallest absolute Gasteiger partial charge is 0.417 e. The fraction of sp³-hybridized carbons (Fsp3) is 0.423. The molecule has 0 saturated carbocycles. The number of alkyl halides is 3. The maximum Gasteiger partial charge on any atom is 0.417 e. The van der Waals surface area contributed by atoms with Gasteiger partial charge in [0.25, 0.3) is 0 Å². The molecule has 0 fully saturated rings. The summed E-state index contributed by atoms with van der Waals surface area (Å²) in [5, 5.41) is 0. The van der Waals surface area contributed by atoms with E-state index < -0.39 is 23.2 Å². The van der Waals surface area contributed by atoms with Gasteiger partial charge in [-0.05, 0) is 68.0 Å². The fourth-order valence-corrected chi connectivity index (χ4v) is 3.85. The summed E-state index contributed by atoms with van der Waals surface area (Å²) >= 11 is 0. The van der Waals surface area contributed by atoms with Crippen molar-refractivity contribution >= 4 is 17.6 Å². The van der Waals surface area contributed by atoms with Gasteiger partial charge >= 0.3 is 12.1 Å². The summed E-state index contributed by atoms with van der Waals surface area (Å²) < 4.78 is 52.3. The molecule has 2 aromatic carbocycles. The number of nitrogens with two attached hydrogens (primary N) is 2. The summed E-state index contributed by atoms with van der Waals surface area (Å²) in [6.07, 6.45) is -0.168. The summed E-state index contributed by atoms with van der Waals surface area (Å²) in [6, 6.07) is 10.1. The van der Waals surface area contributed by atoms with E-state index in [0.29, 0.717) is 29.7 Å². The number of esters is 1. The van der Waals surface area contributed by atoms with Crippen LogP contribution in [0.1, 0.15) is 54.0 Å². The van der Waals surface area contributed by atoms with Crippen molar-refractivity contribution in [1.82, 2.24) is 0 Å². The number of fused-ring (bicyclic) bond motifs is 1. The second kappa shape index (κ2) is 10.6. The lowest BCUT2D eigenvalue weighted by atomic mass is 9.94. The zero-order valence-corrected chi connectivity index (χ0v) is 19.5. The number of hydrogen-bond acceptors (Lipinski definition) is 5. The number of carbonyl (C=O) groups is 1. The largest absolute Gasteiger partial charge is 0.493 e. The van der Waals surface area contributed by atoms with Gasteiger partial charge in [0, 0.05) is 18.5 Å². The van der Waals surface area contributed by atoms with Crippen molar-refractivity contribution in [3.8, 4) is 5.75 Å². The van der Waals surface area contributed by atoms with Gasteiger partial charge in [0.1, 0.15) is 11.3 Å². The molecule has 184 valence electrons. The molecule has 4 N–H and O–H groups in total. The molecule has 2 aromatic rings. The van der Waals surface area contributed by atoms with Crippen LogP contribution in [0.25, 0.3) is 11.6 Å². The average molecular weight is 477 g/mol. The molecule has 0 heterocycles. The molecule has 5 nitrogen and oxygen atoms in total. The molecule has 0 aromatic heterocycles. The lowest BCUT2D eigenvalue weighted by Crippen LogP contribution is -2.52. The number of rotatable bonds is 8. The van der Waals surface area contributed by atoms with Crippen LogP contribution in [0.4, 0.5) is 13.2 Å². The Kier molecular flexibility index (Phi) is 8.05. The van der Waals surface area contributed by atoms with E-state index in [9.17, 15) is 18.0 Å². The lowest BCUT2D eigenvalue weighted by molar-refractivity contribution is -0.149. The monoisotopic (exact) mass is 476 g/mol. The van der Waals surface area contributed by atoms with Crippen molar-refractivity contribution in [2.45, 2.75) is 51.2 Å². The Morgan fingerprint density at radius 3 is 2.59 bits per heavy atom. The summed E-state index contributed by atoms with van der Waals surface area (Å²) in [7, 11) is 0. The zero-order valence-electron chi connectivity index (χ0n) is 19.5. The van der Waals surface area contributed by atoms with E-state index >= 15 is 0 Å². The molecule has 0 aliphatic heterocycles. The van der Waals surface area contributed by atoms with Crippen LogP contribution in [-0.4, -0.2) is 31.3 Å². The van der Waals surface area contributed by atoms with Crippen molar-refractivity contribution in [2.75, 3.05) is 19.8 Å². The molecule has 0 saturated heterocycles. The van der Waals surface area contributed by atoms with Crippen molar-refractivity contribution in [2.24, 2.45) is 11.5 Å². The van der Waals surface area contributed by atoms with E-state index in [2.05, 4.69) is 0 Å². The van der Waals surface area contributed by atoms with Gasteiger partial charge in [0.15, 0.2) is 0 Å². The van der Waals surface area contributed by atoms with Crippen LogP contribution in [0.15, 0.2) is 36.4 Å². The van der Waals surface area contributed by atoms with Crippen LogP contribution in [0, 0.1) is 6.92 Å². The summed E-state index contributed by atoms with van der Waals surface area (Å²) in [6.45, 7) is 3.54. The van der Waals surface area contributed by atoms with Gasteiger partial charge in [0.05, 0.1) is 18.8 Å². The number of hydrogen-bond donors (Lipinski definition) is 2. The third-order valence-corrected chi connectivity index (χ3v) is 5.86. The topological polar surface area (TPSA) is 87.6 Å². The minimum absolute atomic E-state index is 0.0236. The third-order valence-electron chi connectivity index (χ3n) is 5.86. The van der Waals surface area contributed by atoms with Crippen molar-refractivity contribution in [3.05, 3.63) is 64.2 Å². The van der Waals surface area contributed by atoms with E-state index in [-0.39, 0.29) is 25.3 Å². The van der Waals surface area contributed by atoms with E-state index in [0.717, 1.165) is 24.0 Å². The highest BCUT2D eigenvalue weighted by molar-refractivity contribution is 5.86. The van der Waals surface area contributed by atoms with E-state index in [1.165, 1.54) is 13.0 Å². The maximum absolute atomic E-state index is 13.7.